The third-order valence-electron chi connectivity index (χ3n) is 7.40. The van der Waals surface area contributed by atoms with E-state index in [2.05, 4.69) is 40.6 Å². The number of aliphatic hydroxyl groups excluding tert-OH is 2. The number of imidazole rings is 1. The number of carbonyl (C=O) groups is 1. The molecule has 7 unspecified atom stereocenters. The molecule has 0 radical (unpaired) electrons. The number of thioether (sulfide) groups is 1. The first-order valence-electron chi connectivity index (χ1n) is 16.6. The lowest BCUT2D eigenvalue weighted by atomic mass is 9.92. The number of carbonyl (C=O) groups excluding carboxylic acids is 1. The maximum Gasteiger partial charge on any atom is 0.485 e. The summed E-state index contributed by atoms with van der Waals surface area (Å²) in [6, 6.07) is 0. The quantitative estimate of drug-likeness (QED) is 0.0144. The number of oxime groups is 1. The molecule has 0 aromatic carbocycles. The number of rotatable bonds is 25. The van der Waals surface area contributed by atoms with Gasteiger partial charge in [0.2, 0.25) is 12.2 Å². The normalized spacial score (nSPS) is 22.1. The van der Waals surface area contributed by atoms with Gasteiger partial charge in [0.15, 0.2) is 23.8 Å². The highest BCUT2D eigenvalue weighted by atomic mass is 32.2. The van der Waals surface area contributed by atoms with E-state index in [9.17, 15) is 43.4 Å². The Kier molecular flexibility index (Phi) is 18.6. The maximum absolute atomic E-state index is 13.4. The molecular formula is C26H49N10O16P3S. The van der Waals surface area contributed by atoms with Crippen LogP contribution in [0, 0.1) is 5.41 Å². The molecule has 26 nitrogen and oxygen atoms in total. The van der Waals surface area contributed by atoms with E-state index >= 15 is 0 Å². The smallest absolute Gasteiger partial charge is 0.394 e. The summed E-state index contributed by atoms with van der Waals surface area (Å²) >= 11 is 1.39. The van der Waals surface area contributed by atoms with Crippen LogP contribution >= 0.6 is 35.2 Å². The van der Waals surface area contributed by atoms with Crippen LogP contribution in [0.25, 0.3) is 11.2 Å². The van der Waals surface area contributed by atoms with E-state index in [1.54, 1.807) is 6.92 Å². The van der Waals surface area contributed by atoms with Gasteiger partial charge in [-0.1, -0.05) is 19.0 Å². The van der Waals surface area contributed by atoms with Crippen LogP contribution in [0.15, 0.2) is 17.8 Å². The third-order valence-corrected chi connectivity index (χ3v) is 11.8. The number of hydrogen-bond acceptors (Lipinski definition) is 22. The Bertz CT molecular complexity index is 1760. The molecule has 12 N–H and O–H groups in total. The van der Waals surface area contributed by atoms with Crippen LogP contribution < -0.4 is 27.4 Å². The van der Waals surface area contributed by atoms with E-state index in [0.717, 1.165) is 24.3 Å². The molecule has 1 saturated heterocycles. The summed E-state index contributed by atoms with van der Waals surface area (Å²) in [6.07, 6.45) is -7.12. The number of nitrogens with two attached hydrogens (primary N) is 2. The van der Waals surface area contributed by atoms with Crippen LogP contribution in [0.1, 0.15) is 33.4 Å². The number of ether oxygens (including phenoxy) is 1. The maximum atomic E-state index is 13.4. The van der Waals surface area contributed by atoms with Crippen molar-refractivity contribution in [1.82, 2.24) is 35.5 Å². The van der Waals surface area contributed by atoms with Crippen LogP contribution in [0.2, 0.25) is 0 Å². The molecule has 0 spiro atoms. The molecule has 320 valence electrons. The number of nitrogen functional groups attached to an aromatic ring is 1. The molecule has 1 amide bonds. The number of aromatic nitrogens is 4. The van der Waals surface area contributed by atoms with Crippen molar-refractivity contribution in [3.05, 3.63) is 12.7 Å². The van der Waals surface area contributed by atoms with Crippen LogP contribution in [0.3, 0.4) is 0 Å². The molecule has 7 atom stereocenters. The van der Waals surface area contributed by atoms with E-state index in [4.69, 9.17) is 38.9 Å². The molecule has 3 heterocycles. The Balaban J connectivity index is 1.50. The third kappa shape index (κ3) is 15.2. The van der Waals surface area contributed by atoms with Gasteiger partial charge in [0.1, 0.15) is 35.8 Å². The summed E-state index contributed by atoms with van der Waals surface area (Å²) in [5.74, 6) is 0.180. The van der Waals surface area contributed by atoms with E-state index < -0.39 is 66.4 Å². The average Bonchev–Trinajstić information content (AvgIpc) is 3.67. The van der Waals surface area contributed by atoms with Gasteiger partial charge in [0.25, 0.3) is 0 Å². The molecule has 2 aromatic heterocycles. The van der Waals surface area contributed by atoms with Gasteiger partial charge in [0, 0.05) is 57.4 Å². The zero-order valence-corrected chi connectivity index (χ0v) is 34.3. The van der Waals surface area contributed by atoms with Gasteiger partial charge in [-0.25, -0.2) is 28.6 Å². The van der Waals surface area contributed by atoms with Crippen molar-refractivity contribution < 1.29 is 75.4 Å². The summed E-state index contributed by atoms with van der Waals surface area (Å²) in [4.78, 5) is 58.6. The molecule has 1 aliphatic heterocycles. The standard InChI is InChI=1S/C26H49N10O16P3S/c1-16(35-47-11-9-29-8-6-27)56-12-10-30-17(37)5-7-31-25(39)26(2,3)13-48-54(43,44)52-55(45,46-4)51-24-20(50-53(40,41)42)19(38)23(49-24)36-15-34-18-21(28)32-14-33-22(18)36/h14-15,19-20,23-25,29,31,38-39H,5-13,27H2,1-4H3,(H,30,37)(H,43,44)(H2,28,32,33)(H2,40,41,42)/b35-16+. The zero-order valence-electron chi connectivity index (χ0n) is 30.8. The summed E-state index contributed by atoms with van der Waals surface area (Å²) in [6.45, 7) is 6.53. The Morgan fingerprint density at radius 3 is 2.55 bits per heavy atom. The lowest BCUT2D eigenvalue weighted by molar-refractivity contribution is -0.133. The summed E-state index contributed by atoms with van der Waals surface area (Å²) < 4.78 is 68.9. The van der Waals surface area contributed by atoms with Crippen LogP contribution in [-0.4, -0.2) is 139 Å². The first kappa shape index (κ1) is 48.1. The monoisotopic (exact) mass is 882 g/mol. The van der Waals surface area contributed by atoms with Crippen LogP contribution in [-0.2, 0) is 50.5 Å². The highest BCUT2D eigenvalue weighted by molar-refractivity contribution is 8.13. The van der Waals surface area contributed by atoms with Crippen LogP contribution in [0.5, 0.6) is 0 Å². The van der Waals surface area contributed by atoms with Gasteiger partial charge >= 0.3 is 23.5 Å². The summed E-state index contributed by atoms with van der Waals surface area (Å²) in [5.41, 5.74) is 9.95. The Morgan fingerprint density at radius 2 is 1.88 bits per heavy atom. The zero-order chi connectivity index (χ0) is 41.7. The fraction of sp³-hybridized carbons (Fsp3) is 0.731. The highest BCUT2D eigenvalue weighted by Crippen LogP contribution is 2.65. The fourth-order valence-electron chi connectivity index (χ4n) is 4.54. The molecule has 3 rings (SSSR count). The largest absolute Gasteiger partial charge is 0.485 e. The lowest BCUT2D eigenvalue weighted by Gasteiger charge is -2.31. The SMILES string of the molecule is COP(=O)(OC1OC(n2cnc3c(N)ncnc32)C(O)C1OP(=O)(O)O)OP(=O)(O)OCC(C)(C)C(O)NCCC(=O)NCCS/C(C)=N/OCCNCCN. The molecule has 0 bridgehead atoms. The number of hydrogen-bond donors (Lipinski definition) is 10. The topological polar surface area (TPSA) is 378 Å². The first-order chi connectivity index (χ1) is 26.2. The van der Waals surface area contributed by atoms with Gasteiger partial charge in [-0.15, -0.1) is 11.8 Å². The molecule has 2 aromatic rings. The minimum absolute atomic E-state index is 0.0103. The Hall–Kier alpha value is -2.23. The van der Waals surface area contributed by atoms with Crippen LogP contribution in [0.4, 0.5) is 5.82 Å². The second-order valence-corrected chi connectivity index (χ2v) is 18.2. The van der Waals surface area contributed by atoms with Gasteiger partial charge in [0.05, 0.1) is 12.9 Å². The highest BCUT2D eigenvalue weighted by Gasteiger charge is 2.53. The molecule has 1 fully saturated rings. The molecule has 0 saturated carbocycles. The lowest BCUT2D eigenvalue weighted by Crippen LogP contribution is -2.45. The number of phosphoric ester groups is 3. The summed E-state index contributed by atoms with van der Waals surface area (Å²) in [5, 5.41) is 34.8. The number of anilines is 1. The number of fused-ring (bicyclic) bond motifs is 1. The van der Waals surface area contributed by atoms with Gasteiger partial charge in [-0.3, -0.25) is 32.8 Å². The second kappa shape index (κ2) is 21.7. The van der Waals surface area contributed by atoms with E-state index in [1.807, 2.05) is 0 Å². The number of aliphatic hydroxyl groups is 2. The predicted molar refractivity (Wildman–Crippen MR) is 198 cm³/mol. The number of nitrogens with zero attached hydrogens (tertiary/aromatic N) is 5. The molecule has 56 heavy (non-hydrogen) atoms. The van der Waals surface area contributed by atoms with Crippen molar-refractivity contribution >= 4 is 63.2 Å². The van der Waals surface area contributed by atoms with Crippen molar-refractivity contribution in [2.75, 3.05) is 64.5 Å². The van der Waals surface area contributed by atoms with E-state index in [0.29, 0.717) is 43.6 Å². The van der Waals surface area contributed by atoms with E-state index in [-0.39, 0.29) is 35.9 Å². The Labute approximate surface area is 325 Å². The van der Waals surface area contributed by atoms with Crippen molar-refractivity contribution in [3.8, 4) is 0 Å². The molecule has 30 heteroatoms. The Morgan fingerprint density at radius 1 is 1.14 bits per heavy atom. The number of phosphoric acid groups is 3. The molecular weight excluding hydrogens is 833 g/mol. The van der Waals surface area contributed by atoms with Crippen molar-refractivity contribution in [2.45, 2.75) is 58.1 Å². The second-order valence-electron chi connectivity index (χ2n) is 12.4. The molecule has 1 aliphatic rings. The average molecular weight is 883 g/mol. The molecule has 0 aliphatic carbocycles. The number of amides is 1. The van der Waals surface area contributed by atoms with Crippen molar-refractivity contribution in [3.63, 3.8) is 0 Å². The fourth-order valence-corrected chi connectivity index (χ4v) is 8.32. The van der Waals surface area contributed by atoms with Gasteiger partial charge in [-0.05, 0) is 6.92 Å². The minimum Gasteiger partial charge on any atom is -0.394 e. The van der Waals surface area contributed by atoms with Gasteiger partial charge in [-0.2, -0.15) is 4.31 Å². The minimum atomic E-state index is -5.39. The first-order valence-corrected chi connectivity index (χ1v) is 22.1. The van der Waals surface area contributed by atoms with Crippen molar-refractivity contribution in [1.29, 1.82) is 0 Å². The number of nitrogens with one attached hydrogen (secondary N) is 3. The predicted octanol–water partition coefficient (Wildman–Crippen LogP) is -0.921. The van der Waals surface area contributed by atoms with Gasteiger partial charge < -0.3 is 56.6 Å². The summed E-state index contributed by atoms with van der Waals surface area (Å²) in [7, 11) is -15.3. The van der Waals surface area contributed by atoms with E-state index in [1.165, 1.54) is 25.6 Å². The van der Waals surface area contributed by atoms with Crippen molar-refractivity contribution in [2.24, 2.45) is 16.3 Å².